The van der Waals surface area contributed by atoms with Crippen molar-refractivity contribution >= 4 is 0 Å². The van der Waals surface area contributed by atoms with Crippen LogP contribution in [-0.2, 0) is 14.2 Å². The second-order valence-electron chi connectivity index (χ2n) is 8.49. The molecule has 0 saturated carbocycles. The maximum Gasteiger partial charge on any atom is 0.163 e. The summed E-state index contributed by atoms with van der Waals surface area (Å²) in [7, 11) is 0. The Morgan fingerprint density at radius 3 is 2.22 bits per heavy atom. The zero-order valence-corrected chi connectivity index (χ0v) is 17.7. The van der Waals surface area contributed by atoms with Crippen LogP contribution in [-0.4, -0.2) is 41.9 Å². The van der Waals surface area contributed by atoms with Gasteiger partial charge in [0.2, 0.25) is 0 Å². The zero-order valence-electron chi connectivity index (χ0n) is 17.7. The van der Waals surface area contributed by atoms with E-state index in [4.69, 9.17) is 14.2 Å². The molecule has 0 aliphatic carbocycles. The van der Waals surface area contributed by atoms with Crippen LogP contribution in [0.2, 0.25) is 0 Å². The van der Waals surface area contributed by atoms with Crippen LogP contribution >= 0.6 is 0 Å². The molecule has 0 bridgehead atoms. The molecular weight excluding hydrogens is 340 g/mol. The van der Waals surface area contributed by atoms with E-state index in [0.29, 0.717) is 13.0 Å². The van der Waals surface area contributed by atoms with Crippen LogP contribution in [0.25, 0.3) is 0 Å². The van der Waals surface area contributed by atoms with Crippen LogP contribution in [0.1, 0.15) is 97.8 Å². The Labute approximate surface area is 166 Å². The monoisotopic (exact) mass is 380 g/mol. The minimum absolute atomic E-state index is 0.179. The van der Waals surface area contributed by atoms with Crippen molar-refractivity contribution in [1.29, 1.82) is 0 Å². The van der Waals surface area contributed by atoms with E-state index in [0.717, 1.165) is 6.42 Å². The van der Waals surface area contributed by atoms with E-state index in [1.165, 1.54) is 64.2 Å². The van der Waals surface area contributed by atoms with Crippen LogP contribution in [0.3, 0.4) is 0 Å². The Hall–Kier alpha value is -0.600. The third kappa shape index (κ3) is 8.11. The van der Waals surface area contributed by atoms with Gasteiger partial charge in [-0.2, -0.15) is 0 Å². The summed E-state index contributed by atoms with van der Waals surface area (Å²) in [5.41, 5.74) is 0. The summed E-state index contributed by atoms with van der Waals surface area (Å²) >= 11 is 0. The van der Waals surface area contributed by atoms with E-state index in [-0.39, 0.29) is 18.3 Å². The second-order valence-corrected chi connectivity index (χ2v) is 8.49. The van der Waals surface area contributed by atoms with Crippen molar-refractivity contribution in [2.75, 3.05) is 6.61 Å². The van der Waals surface area contributed by atoms with Gasteiger partial charge in [-0.25, -0.2) is 0 Å². The van der Waals surface area contributed by atoms with Gasteiger partial charge in [-0.1, -0.05) is 64.7 Å². The van der Waals surface area contributed by atoms with Gasteiger partial charge in [0.05, 0.1) is 12.7 Å². The standard InChI is InChI=1S/C23H40O4/c1-4-5-6-7-8-9-10-11-12-13-14-15-16-17-19-21(24)22-20(26-19)18-25-23(2,3)27-22/h19-22,24H,4-14,17-18H2,1-3H3/t19-,20-,21+,22+/m0/s1. The predicted octanol–water partition coefficient (Wildman–Crippen LogP) is 4.97. The summed E-state index contributed by atoms with van der Waals surface area (Å²) in [6.07, 6.45) is 13.6. The third-order valence-corrected chi connectivity index (χ3v) is 5.53. The fourth-order valence-electron chi connectivity index (χ4n) is 3.87. The Balaban J connectivity index is 1.49. The molecule has 156 valence electrons. The van der Waals surface area contributed by atoms with Crippen LogP contribution in [0.4, 0.5) is 0 Å². The molecule has 0 radical (unpaired) electrons. The largest absolute Gasteiger partial charge is 0.388 e. The lowest BCUT2D eigenvalue weighted by Crippen LogP contribution is -2.50. The van der Waals surface area contributed by atoms with Gasteiger partial charge in [0.1, 0.15) is 18.3 Å². The summed E-state index contributed by atoms with van der Waals surface area (Å²) in [6, 6.07) is 0. The number of aliphatic hydroxyl groups excluding tert-OH is 1. The smallest absolute Gasteiger partial charge is 0.163 e. The van der Waals surface area contributed by atoms with Crippen LogP contribution in [0, 0.1) is 11.8 Å². The normalized spacial score (nSPS) is 29.2. The second kappa shape index (κ2) is 12.1. The first-order valence-electron chi connectivity index (χ1n) is 11.1. The van der Waals surface area contributed by atoms with Crippen molar-refractivity contribution in [1.82, 2.24) is 0 Å². The van der Waals surface area contributed by atoms with E-state index >= 15 is 0 Å². The molecule has 1 N–H and O–H groups in total. The number of fused-ring (bicyclic) bond motifs is 1. The average molecular weight is 381 g/mol. The molecule has 2 heterocycles. The summed E-state index contributed by atoms with van der Waals surface area (Å²) in [4.78, 5) is 0. The number of ether oxygens (including phenoxy) is 3. The molecule has 0 aromatic heterocycles. The zero-order chi connectivity index (χ0) is 19.5. The maximum absolute atomic E-state index is 10.4. The number of hydrogen-bond acceptors (Lipinski definition) is 4. The first kappa shape index (κ1) is 22.7. The van der Waals surface area contributed by atoms with Gasteiger partial charge < -0.3 is 19.3 Å². The van der Waals surface area contributed by atoms with Crippen molar-refractivity contribution < 1.29 is 19.3 Å². The van der Waals surface area contributed by atoms with Gasteiger partial charge in [0.15, 0.2) is 5.79 Å². The molecule has 2 fully saturated rings. The van der Waals surface area contributed by atoms with E-state index < -0.39 is 11.9 Å². The average Bonchev–Trinajstić information content (AvgIpc) is 2.93. The summed E-state index contributed by atoms with van der Waals surface area (Å²) < 4.78 is 17.3. The predicted molar refractivity (Wildman–Crippen MR) is 108 cm³/mol. The molecule has 2 saturated heterocycles. The molecule has 27 heavy (non-hydrogen) atoms. The molecule has 4 nitrogen and oxygen atoms in total. The quantitative estimate of drug-likeness (QED) is 0.406. The van der Waals surface area contributed by atoms with E-state index in [2.05, 4.69) is 18.8 Å². The highest BCUT2D eigenvalue weighted by molar-refractivity contribution is 5.05. The van der Waals surface area contributed by atoms with Crippen molar-refractivity contribution in [3.05, 3.63) is 0 Å². The molecule has 2 rings (SSSR count). The van der Waals surface area contributed by atoms with Gasteiger partial charge in [-0.05, 0) is 20.3 Å². The van der Waals surface area contributed by atoms with Crippen LogP contribution < -0.4 is 0 Å². The molecule has 2 aliphatic heterocycles. The Bertz CT molecular complexity index is 465. The van der Waals surface area contributed by atoms with Crippen molar-refractivity contribution in [3.63, 3.8) is 0 Å². The van der Waals surface area contributed by atoms with Crippen molar-refractivity contribution in [2.24, 2.45) is 0 Å². The molecule has 0 aromatic rings. The minimum atomic E-state index is -0.651. The molecule has 4 heteroatoms. The molecule has 2 aliphatic rings. The highest BCUT2D eigenvalue weighted by Gasteiger charge is 2.49. The topological polar surface area (TPSA) is 47.9 Å². The molecular formula is C23H40O4. The van der Waals surface area contributed by atoms with Gasteiger partial charge in [-0.15, -0.1) is 11.8 Å². The third-order valence-electron chi connectivity index (χ3n) is 5.53. The van der Waals surface area contributed by atoms with Gasteiger partial charge in [0, 0.05) is 12.8 Å². The summed E-state index contributed by atoms with van der Waals surface area (Å²) in [5, 5.41) is 10.4. The first-order valence-corrected chi connectivity index (χ1v) is 11.1. The Kier molecular flexibility index (Phi) is 10.1. The maximum atomic E-state index is 10.4. The van der Waals surface area contributed by atoms with E-state index in [9.17, 15) is 5.11 Å². The van der Waals surface area contributed by atoms with Crippen LogP contribution in [0.5, 0.6) is 0 Å². The van der Waals surface area contributed by atoms with Crippen molar-refractivity contribution in [3.8, 4) is 11.8 Å². The Morgan fingerprint density at radius 2 is 1.56 bits per heavy atom. The number of rotatable bonds is 11. The fraction of sp³-hybridized carbons (Fsp3) is 0.913. The van der Waals surface area contributed by atoms with Gasteiger partial charge in [-0.3, -0.25) is 0 Å². The SMILES string of the molecule is CCCCCCCCCCCCC#CC[C@@H]1O[C@H]2COC(C)(C)O[C@H]2[C@@H]1O. The first-order chi connectivity index (χ1) is 13.0. The lowest BCUT2D eigenvalue weighted by Gasteiger charge is -2.37. The minimum Gasteiger partial charge on any atom is -0.388 e. The molecule has 0 spiro atoms. The molecule has 0 aromatic carbocycles. The van der Waals surface area contributed by atoms with E-state index in [1.807, 2.05) is 13.8 Å². The molecule has 4 atom stereocenters. The van der Waals surface area contributed by atoms with E-state index in [1.54, 1.807) is 0 Å². The van der Waals surface area contributed by atoms with Crippen molar-refractivity contribution in [2.45, 2.75) is 128 Å². The lowest BCUT2D eigenvalue weighted by atomic mass is 10.0. The lowest BCUT2D eigenvalue weighted by molar-refractivity contribution is -0.300. The molecule has 0 amide bonds. The number of unbranched alkanes of at least 4 members (excludes halogenated alkanes) is 10. The molecule has 0 unspecified atom stereocenters. The van der Waals surface area contributed by atoms with Crippen LogP contribution in [0.15, 0.2) is 0 Å². The summed E-state index contributed by atoms with van der Waals surface area (Å²) in [5.74, 6) is 5.78. The fourth-order valence-corrected chi connectivity index (χ4v) is 3.87. The number of hydrogen-bond donors (Lipinski definition) is 1. The Morgan fingerprint density at radius 1 is 0.926 bits per heavy atom. The highest BCUT2D eigenvalue weighted by atomic mass is 16.7. The van der Waals surface area contributed by atoms with Gasteiger partial charge >= 0.3 is 0 Å². The highest BCUT2D eigenvalue weighted by Crippen LogP contribution is 2.34. The number of aliphatic hydroxyl groups is 1. The van der Waals surface area contributed by atoms with Gasteiger partial charge in [0.25, 0.3) is 0 Å². The summed E-state index contributed by atoms with van der Waals surface area (Å²) in [6.45, 7) is 6.48.